The Morgan fingerprint density at radius 1 is 1.41 bits per heavy atom. The van der Waals surface area contributed by atoms with Gasteiger partial charge in [-0.05, 0) is 12.1 Å². The van der Waals surface area contributed by atoms with Crippen molar-refractivity contribution in [1.82, 2.24) is 13.9 Å². The Morgan fingerprint density at radius 2 is 2.14 bits per heavy atom. The van der Waals surface area contributed by atoms with E-state index in [1.165, 1.54) is 10.4 Å². The van der Waals surface area contributed by atoms with E-state index in [1.807, 2.05) is 11.6 Å². The molecule has 1 aromatic carbocycles. The molecule has 0 saturated heterocycles. The van der Waals surface area contributed by atoms with Gasteiger partial charge in [0.2, 0.25) is 10.0 Å². The van der Waals surface area contributed by atoms with Crippen LogP contribution < -0.4 is 0 Å². The Hall–Kier alpha value is -1.41. The van der Waals surface area contributed by atoms with Gasteiger partial charge < -0.3 is 9.67 Å². The summed E-state index contributed by atoms with van der Waals surface area (Å²) in [6, 6.07) is 5.79. The van der Waals surface area contributed by atoms with Crippen LogP contribution in [0.25, 0.3) is 0 Å². The number of aryl methyl sites for hydroxylation is 1. The Labute approximate surface area is 134 Å². The van der Waals surface area contributed by atoms with Crippen LogP contribution in [0.3, 0.4) is 0 Å². The predicted molar refractivity (Wildman–Crippen MR) is 82.0 cm³/mol. The second-order valence-electron chi connectivity index (χ2n) is 5.27. The van der Waals surface area contributed by atoms with Gasteiger partial charge in [0.25, 0.3) is 0 Å². The highest BCUT2D eigenvalue weighted by molar-refractivity contribution is 7.89. The molecular weight excluding hydrogens is 326 g/mol. The van der Waals surface area contributed by atoms with Crippen LogP contribution in [0.2, 0.25) is 5.02 Å². The fourth-order valence-electron chi connectivity index (χ4n) is 2.72. The Morgan fingerprint density at radius 3 is 2.82 bits per heavy atom. The summed E-state index contributed by atoms with van der Waals surface area (Å²) in [5, 5.41) is 9.80. The molecule has 1 N–H and O–H groups in total. The van der Waals surface area contributed by atoms with Crippen LogP contribution in [-0.2, 0) is 30.0 Å². The zero-order valence-corrected chi connectivity index (χ0v) is 13.5. The van der Waals surface area contributed by atoms with Crippen LogP contribution >= 0.6 is 11.6 Å². The fraction of sp³-hybridized carbons (Fsp3) is 0.357. The summed E-state index contributed by atoms with van der Waals surface area (Å²) >= 11 is 6.04. The molecule has 1 atom stereocenters. The smallest absolute Gasteiger partial charge is 0.245 e. The average Bonchev–Trinajstić information content (AvgIpc) is 2.87. The van der Waals surface area contributed by atoms with E-state index in [0.717, 1.165) is 5.69 Å². The Kier molecular flexibility index (Phi) is 3.98. The quantitative estimate of drug-likeness (QED) is 0.909. The van der Waals surface area contributed by atoms with E-state index in [1.54, 1.807) is 24.5 Å². The minimum atomic E-state index is -3.80. The standard InChI is InChI=1S/C14H16ClN3O3S/c1-17-9-16-12-7-18(10(8-19)6-13(12)17)22(20,21)14-5-3-2-4-11(14)15/h2-5,9-10,19H,6-8H2,1H3. The molecule has 118 valence electrons. The normalized spacial score (nSPS) is 19.1. The lowest BCUT2D eigenvalue weighted by Gasteiger charge is -2.33. The van der Waals surface area contributed by atoms with Gasteiger partial charge in [-0.2, -0.15) is 4.31 Å². The molecule has 1 aromatic heterocycles. The summed E-state index contributed by atoms with van der Waals surface area (Å²) in [6.07, 6.45) is 2.08. The fourth-order valence-corrected chi connectivity index (χ4v) is 4.79. The first-order valence-electron chi connectivity index (χ1n) is 6.81. The van der Waals surface area contributed by atoms with Gasteiger partial charge >= 0.3 is 0 Å². The number of aliphatic hydroxyl groups is 1. The largest absolute Gasteiger partial charge is 0.395 e. The summed E-state index contributed by atoms with van der Waals surface area (Å²) in [5.41, 5.74) is 1.66. The third-order valence-corrected chi connectivity index (χ3v) is 6.32. The van der Waals surface area contributed by atoms with Crippen molar-refractivity contribution in [2.24, 2.45) is 7.05 Å². The minimum absolute atomic E-state index is 0.0505. The zero-order chi connectivity index (χ0) is 15.9. The first-order chi connectivity index (χ1) is 10.4. The molecule has 1 aliphatic heterocycles. The van der Waals surface area contributed by atoms with Crippen LogP contribution in [0.1, 0.15) is 11.4 Å². The van der Waals surface area contributed by atoms with Gasteiger partial charge in [-0.25, -0.2) is 13.4 Å². The van der Waals surface area contributed by atoms with Gasteiger partial charge in [0, 0.05) is 19.2 Å². The van der Waals surface area contributed by atoms with E-state index in [0.29, 0.717) is 12.1 Å². The highest BCUT2D eigenvalue weighted by Gasteiger charge is 2.37. The third kappa shape index (κ3) is 2.44. The molecule has 2 aromatic rings. The van der Waals surface area contributed by atoms with Crippen molar-refractivity contribution in [3.8, 4) is 0 Å². The molecule has 3 rings (SSSR count). The molecule has 0 bridgehead atoms. The number of hydrogen-bond donors (Lipinski definition) is 1. The van der Waals surface area contributed by atoms with Gasteiger partial charge in [0.05, 0.1) is 36.2 Å². The first kappa shape index (κ1) is 15.5. The molecule has 0 amide bonds. The van der Waals surface area contributed by atoms with Crippen LogP contribution in [-0.4, -0.2) is 40.0 Å². The predicted octanol–water partition coefficient (Wildman–Crippen LogP) is 1.18. The Bertz CT molecular complexity index is 803. The molecule has 0 saturated carbocycles. The summed E-state index contributed by atoms with van der Waals surface area (Å²) in [6.45, 7) is -0.122. The summed E-state index contributed by atoms with van der Waals surface area (Å²) in [4.78, 5) is 4.30. The molecule has 1 unspecified atom stereocenters. The van der Waals surface area contributed by atoms with Gasteiger partial charge in [0.1, 0.15) is 4.90 Å². The molecule has 0 fully saturated rings. The van der Waals surface area contributed by atoms with Gasteiger partial charge in [-0.3, -0.25) is 0 Å². The highest BCUT2D eigenvalue weighted by atomic mass is 35.5. The van der Waals surface area contributed by atoms with Crippen molar-refractivity contribution in [3.05, 3.63) is 47.0 Å². The molecule has 0 aliphatic carbocycles. The molecule has 2 heterocycles. The number of rotatable bonds is 3. The van der Waals surface area contributed by atoms with Crippen molar-refractivity contribution in [1.29, 1.82) is 0 Å². The molecular formula is C14H16ClN3O3S. The lowest BCUT2D eigenvalue weighted by molar-refractivity contribution is 0.171. The van der Waals surface area contributed by atoms with Crippen molar-refractivity contribution in [2.45, 2.75) is 23.9 Å². The monoisotopic (exact) mass is 341 g/mol. The van der Waals surface area contributed by atoms with E-state index >= 15 is 0 Å². The van der Waals surface area contributed by atoms with E-state index in [4.69, 9.17) is 11.6 Å². The van der Waals surface area contributed by atoms with E-state index in [-0.39, 0.29) is 23.1 Å². The summed E-state index contributed by atoms with van der Waals surface area (Å²) < 4.78 is 28.9. The first-order valence-corrected chi connectivity index (χ1v) is 8.63. The Balaban J connectivity index is 2.05. The lowest BCUT2D eigenvalue weighted by atomic mass is 10.1. The molecule has 6 nitrogen and oxygen atoms in total. The number of halogens is 1. The number of sulfonamides is 1. The van der Waals surface area contributed by atoms with Crippen LogP contribution in [0.15, 0.2) is 35.5 Å². The molecule has 8 heteroatoms. The topological polar surface area (TPSA) is 75.4 Å². The van der Waals surface area contributed by atoms with Crippen LogP contribution in [0.5, 0.6) is 0 Å². The lowest BCUT2D eigenvalue weighted by Crippen LogP contribution is -2.46. The number of fused-ring (bicyclic) bond motifs is 1. The second-order valence-corrected chi connectivity index (χ2v) is 7.54. The number of nitrogens with zero attached hydrogens (tertiary/aromatic N) is 3. The van der Waals surface area contributed by atoms with Gasteiger partial charge in [0.15, 0.2) is 0 Å². The maximum atomic E-state index is 12.9. The van der Waals surface area contributed by atoms with Crippen LogP contribution in [0, 0.1) is 0 Å². The van der Waals surface area contributed by atoms with E-state index < -0.39 is 16.1 Å². The maximum Gasteiger partial charge on any atom is 0.245 e. The van der Waals surface area contributed by atoms with Crippen molar-refractivity contribution in [2.75, 3.05) is 6.61 Å². The van der Waals surface area contributed by atoms with Crippen LogP contribution in [0.4, 0.5) is 0 Å². The van der Waals surface area contributed by atoms with Gasteiger partial charge in [-0.1, -0.05) is 23.7 Å². The molecule has 22 heavy (non-hydrogen) atoms. The van der Waals surface area contributed by atoms with E-state index in [9.17, 15) is 13.5 Å². The maximum absolute atomic E-state index is 12.9. The van der Waals surface area contributed by atoms with Gasteiger partial charge in [-0.15, -0.1) is 0 Å². The van der Waals surface area contributed by atoms with Crippen molar-refractivity contribution in [3.63, 3.8) is 0 Å². The number of aromatic nitrogens is 2. The number of imidazole rings is 1. The third-order valence-electron chi connectivity index (χ3n) is 3.92. The number of benzene rings is 1. The molecule has 0 spiro atoms. The minimum Gasteiger partial charge on any atom is -0.395 e. The van der Waals surface area contributed by atoms with Crippen molar-refractivity contribution < 1.29 is 13.5 Å². The van der Waals surface area contributed by atoms with Crippen molar-refractivity contribution >= 4 is 21.6 Å². The SMILES string of the molecule is Cn1cnc2c1CC(CO)N(S(=O)(=O)c1ccccc1Cl)C2. The summed E-state index contributed by atoms with van der Waals surface area (Å²) in [7, 11) is -1.94. The van der Waals surface area contributed by atoms with E-state index in [2.05, 4.69) is 4.98 Å². The molecule has 0 radical (unpaired) electrons. The zero-order valence-electron chi connectivity index (χ0n) is 12.0. The summed E-state index contributed by atoms with van der Waals surface area (Å²) in [5.74, 6) is 0. The number of hydrogen-bond acceptors (Lipinski definition) is 4. The average molecular weight is 342 g/mol. The number of aliphatic hydroxyl groups excluding tert-OH is 1. The molecule has 1 aliphatic rings. The highest BCUT2D eigenvalue weighted by Crippen LogP contribution is 2.31. The second kappa shape index (κ2) is 5.66.